The lowest BCUT2D eigenvalue weighted by Crippen LogP contribution is -2.16. The van der Waals surface area contributed by atoms with E-state index < -0.39 is 16.9 Å². The van der Waals surface area contributed by atoms with Crippen LogP contribution in [0.4, 0.5) is 11.4 Å². The van der Waals surface area contributed by atoms with Gasteiger partial charge in [0.1, 0.15) is 5.75 Å². The number of rotatable bonds is 9. The molecule has 0 radical (unpaired) electrons. The van der Waals surface area contributed by atoms with Gasteiger partial charge in [0, 0.05) is 29.8 Å². The van der Waals surface area contributed by atoms with Crippen LogP contribution in [-0.4, -0.2) is 28.4 Å². The molecule has 0 amide bonds. The van der Waals surface area contributed by atoms with Gasteiger partial charge in [-0.05, 0) is 61.0 Å². The van der Waals surface area contributed by atoms with Crippen LogP contribution in [0.3, 0.4) is 0 Å². The molecule has 0 aliphatic rings. The van der Waals surface area contributed by atoms with Crippen molar-refractivity contribution in [3.8, 4) is 5.75 Å². The lowest BCUT2D eigenvalue weighted by Gasteiger charge is -2.20. The molecule has 0 aliphatic heterocycles. The largest absolute Gasteiger partial charge is 0.508 e. The summed E-state index contributed by atoms with van der Waals surface area (Å²) in [4.78, 5) is 35.2. The molecule has 0 saturated carbocycles. The molecule has 3 rings (SSSR count). The van der Waals surface area contributed by atoms with E-state index in [9.17, 15) is 24.8 Å². The van der Waals surface area contributed by atoms with E-state index in [0.29, 0.717) is 22.4 Å². The smallest absolute Gasteiger partial charge is 0.338 e. The molecular weight excluding hydrogens is 412 g/mol. The summed E-state index contributed by atoms with van der Waals surface area (Å²) in [6.45, 7) is 2.01. The van der Waals surface area contributed by atoms with Gasteiger partial charge in [-0.1, -0.05) is 12.1 Å². The zero-order valence-electron chi connectivity index (χ0n) is 17.4. The van der Waals surface area contributed by atoms with Crippen LogP contribution >= 0.6 is 0 Å². The third kappa shape index (κ3) is 5.69. The molecule has 0 bridgehead atoms. The van der Waals surface area contributed by atoms with E-state index in [1.54, 1.807) is 55.5 Å². The standard InChI is InChI=1S/C24H22N2O6/c1-2-32-24(29)18-3-9-19(10-4-18)25-22(16-5-11-20(12-6-16)26(30)31)15-23(28)17-7-13-21(27)14-8-17/h3-14,22,25,27H,2,15H2,1H3. The number of phenolic OH excluding ortho intramolecular Hbond substituents is 1. The second-order valence-corrected chi connectivity index (χ2v) is 7.02. The van der Waals surface area contributed by atoms with Gasteiger partial charge in [-0.25, -0.2) is 4.79 Å². The van der Waals surface area contributed by atoms with Gasteiger partial charge in [-0.3, -0.25) is 14.9 Å². The second kappa shape index (κ2) is 10.2. The minimum Gasteiger partial charge on any atom is -0.508 e. The van der Waals surface area contributed by atoms with Gasteiger partial charge in [0.25, 0.3) is 5.69 Å². The molecule has 0 aromatic heterocycles. The minimum absolute atomic E-state index is 0.0452. The second-order valence-electron chi connectivity index (χ2n) is 7.02. The first-order valence-electron chi connectivity index (χ1n) is 9.97. The molecule has 0 saturated heterocycles. The maximum Gasteiger partial charge on any atom is 0.338 e. The van der Waals surface area contributed by atoms with E-state index in [1.807, 2.05) is 0 Å². The fourth-order valence-corrected chi connectivity index (χ4v) is 3.15. The Bertz CT molecular complexity index is 1090. The molecule has 1 atom stereocenters. The summed E-state index contributed by atoms with van der Waals surface area (Å²) < 4.78 is 4.98. The molecule has 2 N–H and O–H groups in total. The van der Waals surface area contributed by atoms with Crippen LogP contribution in [0.15, 0.2) is 72.8 Å². The zero-order valence-corrected chi connectivity index (χ0v) is 17.4. The number of hydrogen-bond donors (Lipinski definition) is 2. The SMILES string of the molecule is CCOC(=O)c1ccc(NC(CC(=O)c2ccc(O)cc2)c2ccc([N+](=O)[O-])cc2)cc1. The highest BCUT2D eigenvalue weighted by atomic mass is 16.6. The highest BCUT2D eigenvalue weighted by Crippen LogP contribution is 2.27. The van der Waals surface area contributed by atoms with E-state index in [-0.39, 0.29) is 30.2 Å². The first-order valence-corrected chi connectivity index (χ1v) is 9.97. The van der Waals surface area contributed by atoms with Gasteiger partial charge < -0.3 is 15.2 Å². The number of hydrogen-bond acceptors (Lipinski definition) is 7. The molecule has 3 aromatic carbocycles. The number of nitrogens with one attached hydrogen (secondary N) is 1. The van der Waals surface area contributed by atoms with Crippen molar-refractivity contribution in [1.82, 2.24) is 0 Å². The number of nitro groups is 1. The molecule has 0 heterocycles. The molecule has 3 aromatic rings. The van der Waals surface area contributed by atoms with Crippen LogP contribution in [0.5, 0.6) is 5.75 Å². The Morgan fingerprint density at radius 2 is 1.56 bits per heavy atom. The molecule has 0 fully saturated rings. The summed E-state index contributed by atoms with van der Waals surface area (Å²) in [7, 11) is 0. The monoisotopic (exact) mass is 434 g/mol. The maximum absolute atomic E-state index is 12.8. The van der Waals surface area contributed by atoms with Crippen LogP contribution in [0, 0.1) is 10.1 Å². The number of aromatic hydroxyl groups is 1. The number of carbonyl (C=O) groups excluding carboxylic acids is 2. The Morgan fingerprint density at radius 3 is 2.12 bits per heavy atom. The first kappa shape index (κ1) is 22.5. The van der Waals surface area contributed by atoms with Crippen molar-refractivity contribution < 1.29 is 24.4 Å². The summed E-state index contributed by atoms with van der Waals surface area (Å²) in [6.07, 6.45) is 0.0716. The Hall–Kier alpha value is -4.20. The molecule has 164 valence electrons. The number of ketones is 1. The topological polar surface area (TPSA) is 119 Å². The van der Waals surface area contributed by atoms with Gasteiger partial charge in [0.2, 0.25) is 0 Å². The number of nitrogens with zero attached hydrogens (tertiary/aromatic N) is 1. The summed E-state index contributed by atoms with van der Waals surface area (Å²) in [5, 5.41) is 23.7. The fourth-order valence-electron chi connectivity index (χ4n) is 3.15. The van der Waals surface area contributed by atoms with Crippen molar-refractivity contribution in [3.05, 3.63) is 99.6 Å². The van der Waals surface area contributed by atoms with Gasteiger partial charge in [0.05, 0.1) is 23.1 Å². The van der Waals surface area contributed by atoms with Gasteiger partial charge in [0.15, 0.2) is 5.78 Å². The lowest BCUT2D eigenvalue weighted by atomic mass is 9.97. The number of phenols is 1. The number of esters is 1. The maximum atomic E-state index is 12.8. The lowest BCUT2D eigenvalue weighted by molar-refractivity contribution is -0.384. The highest BCUT2D eigenvalue weighted by Gasteiger charge is 2.19. The van der Waals surface area contributed by atoms with Gasteiger partial charge in [-0.2, -0.15) is 0 Å². The highest BCUT2D eigenvalue weighted by molar-refractivity contribution is 5.97. The van der Waals surface area contributed by atoms with Crippen molar-refractivity contribution in [2.75, 3.05) is 11.9 Å². The van der Waals surface area contributed by atoms with E-state index in [1.165, 1.54) is 24.3 Å². The van der Waals surface area contributed by atoms with Crippen LogP contribution in [0.2, 0.25) is 0 Å². The Balaban J connectivity index is 1.84. The normalized spacial score (nSPS) is 11.4. The van der Waals surface area contributed by atoms with Crippen LogP contribution in [0.1, 0.15) is 45.7 Å². The van der Waals surface area contributed by atoms with E-state index in [2.05, 4.69) is 5.32 Å². The fraction of sp³-hybridized carbons (Fsp3) is 0.167. The molecule has 0 aliphatic carbocycles. The number of Topliss-reactive ketones (excluding diaryl/α,β-unsaturated/α-hetero) is 1. The molecule has 8 nitrogen and oxygen atoms in total. The van der Waals surface area contributed by atoms with Crippen molar-refractivity contribution in [3.63, 3.8) is 0 Å². The van der Waals surface area contributed by atoms with Gasteiger partial charge in [-0.15, -0.1) is 0 Å². The molecule has 1 unspecified atom stereocenters. The Morgan fingerprint density at radius 1 is 0.969 bits per heavy atom. The summed E-state index contributed by atoms with van der Waals surface area (Å²) in [5.41, 5.74) is 2.16. The zero-order chi connectivity index (χ0) is 23.1. The summed E-state index contributed by atoms with van der Waals surface area (Å²) in [6, 6.07) is 18.1. The number of nitro benzene ring substituents is 1. The minimum atomic E-state index is -0.484. The molecule has 0 spiro atoms. The number of ether oxygens (including phenoxy) is 1. The number of carbonyl (C=O) groups is 2. The quantitative estimate of drug-likeness (QED) is 0.213. The van der Waals surface area contributed by atoms with Crippen molar-refractivity contribution >= 4 is 23.1 Å². The number of anilines is 1. The average Bonchev–Trinajstić information content (AvgIpc) is 2.79. The summed E-state index contributed by atoms with van der Waals surface area (Å²) in [5.74, 6) is -0.522. The Labute approximate surface area is 184 Å². The molecule has 32 heavy (non-hydrogen) atoms. The third-order valence-corrected chi connectivity index (χ3v) is 4.82. The van der Waals surface area contributed by atoms with E-state index >= 15 is 0 Å². The van der Waals surface area contributed by atoms with Gasteiger partial charge >= 0.3 is 5.97 Å². The molecular formula is C24H22N2O6. The summed E-state index contributed by atoms with van der Waals surface area (Å²) >= 11 is 0. The Kier molecular flexibility index (Phi) is 7.17. The average molecular weight is 434 g/mol. The first-order chi connectivity index (χ1) is 15.4. The predicted octanol–water partition coefficient (Wildman–Crippen LogP) is 4.90. The van der Waals surface area contributed by atoms with Crippen LogP contribution < -0.4 is 5.32 Å². The third-order valence-electron chi connectivity index (χ3n) is 4.82. The predicted molar refractivity (Wildman–Crippen MR) is 119 cm³/mol. The van der Waals surface area contributed by atoms with Crippen molar-refractivity contribution in [1.29, 1.82) is 0 Å². The number of benzene rings is 3. The van der Waals surface area contributed by atoms with Crippen LogP contribution in [-0.2, 0) is 4.74 Å². The number of non-ortho nitro benzene ring substituents is 1. The van der Waals surface area contributed by atoms with Crippen LogP contribution in [0.25, 0.3) is 0 Å². The molecule has 8 heteroatoms. The van der Waals surface area contributed by atoms with E-state index in [4.69, 9.17) is 4.74 Å². The van der Waals surface area contributed by atoms with E-state index in [0.717, 1.165) is 0 Å². The van der Waals surface area contributed by atoms with Crippen molar-refractivity contribution in [2.45, 2.75) is 19.4 Å². The van der Waals surface area contributed by atoms with Crippen molar-refractivity contribution in [2.24, 2.45) is 0 Å².